The molecule has 1 aromatic rings. The molecular formula is C15H22ClN3O2. The summed E-state index contributed by atoms with van der Waals surface area (Å²) in [5.41, 5.74) is 8.65. The molecule has 4 N–H and O–H groups in total. The van der Waals surface area contributed by atoms with Crippen molar-refractivity contribution in [3.05, 3.63) is 29.3 Å². The van der Waals surface area contributed by atoms with Gasteiger partial charge in [0.25, 0.3) is 0 Å². The van der Waals surface area contributed by atoms with Crippen LogP contribution in [-0.4, -0.2) is 17.9 Å². The largest absolute Gasteiger partial charge is 0.350 e. The van der Waals surface area contributed by atoms with Crippen molar-refractivity contribution in [2.45, 2.75) is 45.2 Å². The Balaban J connectivity index is 0.00000220. The molecule has 1 aliphatic heterocycles. The van der Waals surface area contributed by atoms with E-state index in [9.17, 15) is 9.59 Å². The van der Waals surface area contributed by atoms with Gasteiger partial charge in [-0.1, -0.05) is 12.1 Å². The summed E-state index contributed by atoms with van der Waals surface area (Å²) in [5, 5.41) is 5.79. The van der Waals surface area contributed by atoms with E-state index in [2.05, 4.69) is 10.6 Å². The number of carbonyl (C=O) groups is 2. The van der Waals surface area contributed by atoms with Gasteiger partial charge in [-0.05, 0) is 37.5 Å². The molecule has 1 aliphatic rings. The van der Waals surface area contributed by atoms with Crippen LogP contribution in [0.25, 0.3) is 0 Å². The molecule has 0 saturated carbocycles. The molecular weight excluding hydrogens is 290 g/mol. The van der Waals surface area contributed by atoms with Crippen LogP contribution in [0.1, 0.15) is 43.9 Å². The van der Waals surface area contributed by atoms with Gasteiger partial charge in [0, 0.05) is 24.6 Å². The van der Waals surface area contributed by atoms with Crippen LogP contribution in [0.15, 0.2) is 18.2 Å². The van der Waals surface area contributed by atoms with Gasteiger partial charge in [-0.15, -0.1) is 12.4 Å². The second kappa shape index (κ2) is 7.43. The van der Waals surface area contributed by atoms with Crippen molar-refractivity contribution in [3.8, 4) is 0 Å². The summed E-state index contributed by atoms with van der Waals surface area (Å²) < 4.78 is 0. The summed E-state index contributed by atoms with van der Waals surface area (Å²) >= 11 is 0. The van der Waals surface area contributed by atoms with Gasteiger partial charge in [-0.3, -0.25) is 9.59 Å². The zero-order valence-corrected chi connectivity index (χ0v) is 13.1. The standard InChI is InChI=1S/C15H21N3O2.ClH/c1-9(16)7-15(20)17-10(2)11-3-5-13-12(8-11)4-6-14(19)18-13;/h3,5,8-10H,4,6-7,16H2,1-2H3,(H,17,20)(H,18,19);1H. The Hall–Kier alpha value is -1.59. The Morgan fingerprint density at radius 2 is 2.10 bits per heavy atom. The van der Waals surface area contributed by atoms with E-state index in [4.69, 9.17) is 5.73 Å². The lowest BCUT2D eigenvalue weighted by atomic mass is 9.97. The van der Waals surface area contributed by atoms with Crippen LogP contribution >= 0.6 is 12.4 Å². The maximum atomic E-state index is 11.7. The van der Waals surface area contributed by atoms with Gasteiger partial charge in [0.05, 0.1) is 6.04 Å². The van der Waals surface area contributed by atoms with Gasteiger partial charge in [0.1, 0.15) is 0 Å². The molecule has 116 valence electrons. The average Bonchev–Trinajstić information content (AvgIpc) is 2.36. The van der Waals surface area contributed by atoms with Crippen molar-refractivity contribution < 1.29 is 9.59 Å². The second-order valence-electron chi connectivity index (χ2n) is 5.44. The van der Waals surface area contributed by atoms with E-state index in [1.807, 2.05) is 32.0 Å². The minimum absolute atomic E-state index is 0. The van der Waals surface area contributed by atoms with Crippen LogP contribution in [-0.2, 0) is 16.0 Å². The third kappa shape index (κ3) is 4.72. The minimum atomic E-state index is -0.138. The van der Waals surface area contributed by atoms with Gasteiger partial charge in [-0.25, -0.2) is 0 Å². The van der Waals surface area contributed by atoms with E-state index in [0.717, 1.165) is 23.2 Å². The predicted molar refractivity (Wildman–Crippen MR) is 85.5 cm³/mol. The van der Waals surface area contributed by atoms with E-state index >= 15 is 0 Å². The molecule has 1 heterocycles. The van der Waals surface area contributed by atoms with Crippen LogP contribution in [0.5, 0.6) is 0 Å². The summed E-state index contributed by atoms with van der Waals surface area (Å²) in [5.74, 6) is 0.0158. The van der Waals surface area contributed by atoms with E-state index in [-0.39, 0.29) is 36.3 Å². The van der Waals surface area contributed by atoms with Gasteiger partial charge < -0.3 is 16.4 Å². The van der Waals surface area contributed by atoms with E-state index in [1.54, 1.807) is 0 Å². The molecule has 1 aromatic carbocycles. The van der Waals surface area contributed by atoms with E-state index in [0.29, 0.717) is 12.8 Å². The SMILES string of the molecule is CC(N)CC(=O)NC(C)c1ccc2c(c1)CCC(=O)N2.Cl. The van der Waals surface area contributed by atoms with Crippen molar-refractivity contribution in [1.29, 1.82) is 0 Å². The van der Waals surface area contributed by atoms with Crippen LogP contribution in [0.3, 0.4) is 0 Å². The number of nitrogens with one attached hydrogen (secondary N) is 2. The Morgan fingerprint density at radius 1 is 1.38 bits per heavy atom. The van der Waals surface area contributed by atoms with Crippen molar-refractivity contribution >= 4 is 29.9 Å². The number of hydrogen-bond donors (Lipinski definition) is 3. The molecule has 0 bridgehead atoms. The smallest absolute Gasteiger partial charge is 0.224 e. The monoisotopic (exact) mass is 311 g/mol. The number of carbonyl (C=O) groups excluding carboxylic acids is 2. The fraction of sp³-hybridized carbons (Fsp3) is 0.467. The first-order valence-corrected chi connectivity index (χ1v) is 6.93. The Kier molecular flexibility index (Phi) is 6.18. The minimum Gasteiger partial charge on any atom is -0.350 e. The lowest BCUT2D eigenvalue weighted by Crippen LogP contribution is -2.31. The molecule has 2 amide bonds. The van der Waals surface area contributed by atoms with E-state index in [1.165, 1.54) is 0 Å². The molecule has 2 atom stereocenters. The summed E-state index contributed by atoms with van der Waals surface area (Å²) in [7, 11) is 0. The molecule has 2 unspecified atom stereocenters. The summed E-state index contributed by atoms with van der Waals surface area (Å²) in [6.45, 7) is 3.76. The van der Waals surface area contributed by atoms with Crippen LogP contribution < -0.4 is 16.4 Å². The number of nitrogens with two attached hydrogens (primary N) is 1. The first-order chi connectivity index (χ1) is 9.45. The fourth-order valence-electron chi connectivity index (χ4n) is 2.35. The molecule has 21 heavy (non-hydrogen) atoms. The Labute approximate surface area is 131 Å². The molecule has 2 rings (SSSR count). The van der Waals surface area contributed by atoms with Crippen molar-refractivity contribution in [2.24, 2.45) is 5.73 Å². The molecule has 0 aromatic heterocycles. The summed E-state index contributed by atoms with van der Waals surface area (Å²) in [4.78, 5) is 23.0. The number of hydrogen-bond acceptors (Lipinski definition) is 3. The van der Waals surface area contributed by atoms with Gasteiger partial charge in [0.15, 0.2) is 0 Å². The third-order valence-corrected chi connectivity index (χ3v) is 3.41. The van der Waals surface area contributed by atoms with Crippen molar-refractivity contribution in [3.63, 3.8) is 0 Å². The zero-order chi connectivity index (χ0) is 14.7. The number of anilines is 1. The van der Waals surface area contributed by atoms with Crippen molar-refractivity contribution in [2.75, 3.05) is 5.32 Å². The maximum Gasteiger partial charge on any atom is 0.224 e. The van der Waals surface area contributed by atoms with Crippen LogP contribution in [0.4, 0.5) is 5.69 Å². The topological polar surface area (TPSA) is 84.2 Å². The number of amides is 2. The molecule has 0 aliphatic carbocycles. The van der Waals surface area contributed by atoms with Gasteiger partial charge >= 0.3 is 0 Å². The highest BCUT2D eigenvalue weighted by atomic mass is 35.5. The van der Waals surface area contributed by atoms with Crippen molar-refractivity contribution in [1.82, 2.24) is 5.32 Å². The van der Waals surface area contributed by atoms with Gasteiger partial charge in [-0.2, -0.15) is 0 Å². The quantitative estimate of drug-likeness (QED) is 0.794. The normalized spacial score (nSPS) is 16.0. The first-order valence-electron chi connectivity index (χ1n) is 6.93. The number of halogens is 1. The predicted octanol–water partition coefficient (Wildman–Crippen LogP) is 1.91. The zero-order valence-electron chi connectivity index (χ0n) is 12.3. The van der Waals surface area contributed by atoms with Gasteiger partial charge in [0.2, 0.25) is 11.8 Å². The molecule has 0 saturated heterocycles. The lowest BCUT2D eigenvalue weighted by Gasteiger charge is -2.20. The highest BCUT2D eigenvalue weighted by Gasteiger charge is 2.17. The summed E-state index contributed by atoms with van der Waals surface area (Å²) in [6, 6.07) is 5.67. The summed E-state index contributed by atoms with van der Waals surface area (Å²) in [6.07, 6.45) is 1.59. The lowest BCUT2D eigenvalue weighted by molar-refractivity contribution is -0.122. The maximum absolute atomic E-state index is 11.7. The molecule has 0 fully saturated rings. The number of aryl methyl sites for hydroxylation is 1. The first kappa shape index (κ1) is 17.5. The highest BCUT2D eigenvalue weighted by molar-refractivity contribution is 5.93. The number of fused-ring (bicyclic) bond motifs is 1. The molecule has 6 heteroatoms. The Bertz CT molecular complexity index is 532. The number of benzene rings is 1. The molecule has 0 spiro atoms. The van der Waals surface area contributed by atoms with E-state index < -0.39 is 0 Å². The third-order valence-electron chi connectivity index (χ3n) is 3.41. The van der Waals surface area contributed by atoms with Crippen LogP contribution in [0.2, 0.25) is 0 Å². The molecule has 0 radical (unpaired) electrons. The fourth-order valence-corrected chi connectivity index (χ4v) is 2.35. The second-order valence-corrected chi connectivity index (χ2v) is 5.44. The Morgan fingerprint density at radius 3 is 2.76 bits per heavy atom. The average molecular weight is 312 g/mol. The molecule has 5 nitrogen and oxygen atoms in total. The number of rotatable bonds is 4. The highest BCUT2D eigenvalue weighted by Crippen LogP contribution is 2.26. The van der Waals surface area contributed by atoms with Crippen LogP contribution in [0, 0.1) is 0 Å².